The lowest BCUT2D eigenvalue weighted by Gasteiger charge is -2.47. The molecule has 10 nitrogen and oxygen atoms in total. The molecule has 1 aliphatic carbocycles. The van der Waals surface area contributed by atoms with E-state index in [1.54, 1.807) is 0 Å². The predicted octanol–water partition coefficient (Wildman–Crippen LogP) is 10.4. The van der Waals surface area contributed by atoms with Crippen molar-refractivity contribution in [1.29, 1.82) is 0 Å². The first-order valence-electron chi connectivity index (χ1n) is 23.3. The molecule has 0 unspecified atom stereocenters. The van der Waals surface area contributed by atoms with Crippen LogP contribution in [0.3, 0.4) is 0 Å². The maximum Gasteiger partial charge on any atom is 0.307 e. The SMILES string of the molecule is CCCCCCCCCCOC(=O)CC[C@@H](C)[C@H]1CC[C@@H](C)[C@]1(C)[C@H](C[C@@H](C)[C@@](C)(CC[C@H](CC)OC(=O)CCN)CC[C@H](C)OC(=O)CCC)OC(=O)CCN. The van der Waals surface area contributed by atoms with Crippen LogP contribution in [-0.4, -0.2) is 61.9 Å². The average molecular weight is 809 g/mol. The fourth-order valence-electron chi connectivity index (χ4n) is 9.18. The first-order chi connectivity index (χ1) is 27.1. The second kappa shape index (κ2) is 29.1. The summed E-state index contributed by atoms with van der Waals surface area (Å²) in [5, 5.41) is 0. The summed E-state index contributed by atoms with van der Waals surface area (Å²) in [6, 6.07) is 0. The van der Waals surface area contributed by atoms with Gasteiger partial charge in [-0.3, -0.25) is 19.2 Å². The van der Waals surface area contributed by atoms with Gasteiger partial charge in [-0.1, -0.05) is 100 Å². The van der Waals surface area contributed by atoms with Crippen molar-refractivity contribution in [2.45, 2.75) is 222 Å². The summed E-state index contributed by atoms with van der Waals surface area (Å²) in [7, 11) is 0. The number of nitrogens with two attached hydrogens (primary N) is 2. The molecular weight excluding hydrogens is 721 g/mol. The minimum absolute atomic E-state index is 0.107. The molecule has 0 aliphatic heterocycles. The van der Waals surface area contributed by atoms with Gasteiger partial charge in [-0.05, 0) is 107 Å². The fraction of sp³-hybridized carbons (Fsp3) is 0.915. The van der Waals surface area contributed by atoms with E-state index in [1.807, 2.05) is 20.8 Å². The minimum Gasteiger partial charge on any atom is -0.466 e. The summed E-state index contributed by atoms with van der Waals surface area (Å²) in [5.41, 5.74) is 10.9. The third kappa shape index (κ3) is 19.6. The number of carbonyl (C=O) groups excluding carboxylic acids is 4. The maximum absolute atomic E-state index is 13.3. The largest absolute Gasteiger partial charge is 0.466 e. The van der Waals surface area contributed by atoms with Crippen LogP contribution in [0.1, 0.15) is 204 Å². The zero-order valence-corrected chi connectivity index (χ0v) is 38.1. The number of hydrogen-bond donors (Lipinski definition) is 2. The van der Waals surface area contributed by atoms with Crippen molar-refractivity contribution < 1.29 is 38.1 Å². The van der Waals surface area contributed by atoms with Crippen molar-refractivity contribution >= 4 is 23.9 Å². The highest BCUT2D eigenvalue weighted by molar-refractivity contribution is 5.70. The highest BCUT2D eigenvalue weighted by atomic mass is 16.6. The normalized spacial score (nSPS) is 21.8. The molecule has 1 rings (SSSR count). The molecular formula is C47H88N2O8. The Hall–Kier alpha value is -2.20. The Bertz CT molecular complexity index is 1130. The van der Waals surface area contributed by atoms with Crippen LogP contribution in [0.4, 0.5) is 0 Å². The van der Waals surface area contributed by atoms with Crippen molar-refractivity contribution in [3.8, 4) is 0 Å². The van der Waals surface area contributed by atoms with Crippen LogP contribution in [-0.2, 0) is 38.1 Å². The van der Waals surface area contributed by atoms with Crippen molar-refractivity contribution in [2.75, 3.05) is 19.7 Å². The Labute approximate surface area is 348 Å². The summed E-state index contributed by atoms with van der Waals surface area (Å²) in [6.45, 7) is 20.5. The highest BCUT2D eigenvalue weighted by Crippen LogP contribution is 2.56. The molecule has 1 saturated carbocycles. The molecule has 0 spiro atoms. The van der Waals surface area contributed by atoms with E-state index in [2.05, 4.69) is 41.5 Å². The molecule has 0 aromatic heterocycles. The molecule has 0 aromatic rings. The first kappa shape index (κ1) is 52.8. The molecule has 0 aromatic carbocycles. The Balaban J connectivity index is 3.20. The van der Waals surface area contributed by atoms with E-state index in [-0.39, 0.29) is 96.7 Å². The molecule has 0 heterocycles. The Morgan fingerprint density at radius 2 is 1.28 bits per heavy atom. The van der Waals surface area contributed by atoms with Gasteiger partial charge in [-0.2, -0.15) is 0 Å². The number of ether oxygens (including phenoxy) is 4. The molecule has 0 saturated heterocycles. The van der Waals surface area contributed by atoms with Crippen molar-refractivity contribution in [1.82, 2.24) is 0 Å². The molecule has 9 atom stereocenters. The maximum atomic E-state index is 13.3. The summed E-state index contributed by atoms with van der Waals surface area (Å²) in [5.74, 6) is 0.0516. The van der Waals surface area contributed by atoms with Crippen LogP contribution < -0.4 is 11.5 Å². The second-order valence-electron chi connectivity index (χ2n) is 18.2. The van der Waals surface area contributed by atoms with Gasteiger partial charge in [0.2, 0.25) is 0 Å². The van der Waals surface area contributed by atoms with E-state index in [0.717, 1.165) is 51.4 Å². The van der Waals surface area contributed by atoms with Crippen LogP contribution in [0.15, 0.2) is 0 Å². The molecule has 0 bridgehead atoms. The number of rotatable bonds is 33. The lowest BCUT2D eigenvalue weighted by Crippen LogP contribution is -2.47. The molecule has 1 aliphatic rings. The number of esters is 4. The standard InChI is InChI=1S/C47H88N2O8/c1-10-13-14-15-16-17-18-19-33-54-42(50)24-21-35(4)40-23-22-36(5)47(40,9)41(57-45(53)28-32-49)34-37(6)46(8,29-25-38(7)55-43(51)20-11-2)30-26-39(12-3)56-44(52)27-31-48/h35-41H,10-34,48-49H2,1-9H3/t35-,36-,37-,38+,39+,40-,41+,46-,47+/m1/s1. The molecule has 0 radical (unpaired) electrons. The highest BCUT2D eigenvalue weighted by Gasteiger charge is 2.53. The first-order valence-corrected chi connectivity index (χ1v) is 23.3. The van der Waals surface area contributed by atoms with Gasteiger partial charge in [0.05, 0.1) is 25.6 Å². The molecule has 0 amide bonds. The molecule has 334 valence electrons. The Kier molecular flexibility index (Phi) is 27.0. The molecule has 10 heteroatoms. The summed E-state index contributed by atoms with van der Waals surface area (Å²) < 4.78 is 23.8. The zero-order chi connectivity index (χ0) is 42.9. The van der Waals surface area contributed by atoms with Gasteiger partial charge >= 0.3 is 23.9 Å². The quantitative estimate of drug-likeness (QED) is 0.0371. The lowest BCUT2D eigenvalue weighted by molar-refractivity contribution is -0.164. The van der Waals surface area contributed by atoms with E-state index in [9.17, 15) is 19.2 Å². The van der Waals surface area contributed by atoms with Crippen molar-refractivity contribution in [3.05, 3.63) is 0 Å². The Morgan fingerprint density at radius 3 is 1.88 bits per heavy atom. The van der Waals surface area contributed by atoms with E-state index in [0.29, 0.717) is 51.0 Å². The van der Waals surface area contributed by atoms with Crippen LogP contribution in [0.25, 0.3) is 0 Å². The Morgan fingerprint density at radius 1 is 0.702 bits per heavy atom. The molecule has 1 fully saturated rings. The predicted molar refractivity (Wildman–Crippen MR) is 230 cm³/mol. The number of carbonyl (C=O) groups is 4. The van der Waals surface area contributed by atoms with Gasteiger partial charge in [-0.25, -0.2) is 0 Å². The smallest absolute Gasteiger partial charge is 0.307 e. The van der Waals surface area contributed by atoms with Gasteiger partial charge in [0.25, 0.3) is 0 Å². The molecule has 57 heavy (non-hydrogen) atoms. The fourth-order valence-corrected chi connectivity index (χ4v) is 9.18. The van der Waals surface area contributed by atoms with E-state index < -0.39 is 0 Å². The van der Waals surface area contributed by atoms with Gasteiger partial charge < -0.3 is 30.4 Å². The number of hydrogen-bond acceptors (Lipinski definition) is 10. The van der Waals surface area contributed by atoms with Crippen molar-refractivity contribution in [3.63, 3.8) is 0 Å². The van der Waals surface area contributed by atoms with Gasteiger partial charge in [0.15, 0.2) is 0 Å². The van der Waals surface area contributed by atoms with E-state index in [4.69, 9.17) is 30.4 Å². The third-order valence-electron chi connectivity index (χ3n) is 13.6. The minimum atomic E-state index is -0.353. The van der Waals surface area contributed by atoms with E-state index >= 15 is 0 Å². The van der Waals surface area contributed by atoms with Crippen LogP contribution in [0, 0.1) is 34.5 Å². The lowest BCUT2D eigenvalue weighted by atomic mass is 9.61. The third-order valence-corrected chi connectivity index (χ3v) is 13.6. The molecule has 4 N–H and O–H groups in total. The van der Waals surface area contributed by atoms with Gasteiger partial charge in [0.1, 0.15) is 12.2 Å². The van der Waals surface area contributed by atoms with Gasteiger partial charge in [-0.15, -0.1) is 0 Å². The summed E-state index contributed by atoms with van der Waals surface area (Å²) in [4.78, 5) is 50.9. The van der Waals surface area contributed by atoms with E-state index in [1.165, 1.54) is 38.5 Å². The van der Waals surface area contributed by atoms with Gasteiger partial charge in [0, 0.05) is 31.3 Å². The zero-order valence-electron chi connectivity index (χ0n) is 38.1. The monoisotopic (exact) mass is 809 g/mol. The van der Waals surface area contributed by atoms with Crippen LogP contribution in [0.2, 0.25) is 0 Å². The topological polar surface area (TPSA) is 157 Å². The second-order valence-corrected chi connectivity index (χ2v) is 18.2. The number of unbranched alkanes of at least 4 members (excludes halogenated alkanes) is 7. The van der Waals surface area contributed by atoms with Crippen LogP contribution >= 0.6 is 0 Å². The average Bonchev–Trinajstić information content (AvgIpc) is 3.47. The summed E-state index contributed by atoms with van der Waals surface area (Å²) in [6.07, 6.45) is 17.8. The van der Waals surface area contributed by atoms with Crippen LogP contribution in [0.5, 0.6) is 0 Å². The van der Waals surface area contributed by atoms with Crippen molar-refractivity contribution in [2.24, 2.45) is 46.0 Å². The summed E-state index contributed by atoms with van der Waals surface area (Å²) >= 11 is 0.